The van der Waals surface area contributed by atoms with Gasteiger partial charge in [0, 0.05) is 87.3 Å². The Bertz CT molecular complexity index is 2070. The first-order valence-corrected chi connectivity index (χ1v) is 18.6. The highest BCUT2D eigenvalue weighted by atomic mass is 35.5. The average molecular weight is 702 g/mol. The smallest absolute Gasteiger partial charge is 0.352 e. The Balaban J connectivity index is 1.42. The number of benzene rings is 3. The molecule has 3 heterocycles. The topological polar surface area (TPSA) is 84.9 Å². The van der Waals surface area contributed by atoms with Crippen LogP contribution in [0, 0.1) is 0 Å². The van der Waals surface area contributed by atoms with E-state index < -0.39 is 5.97 Å². The van der Waals surface area contributed by atoms with Crippen LogP contribution in [0.4, 0.5) is 0 Å². The molecule has 11 heteroatoms. The van der Waals surface area contributed by atoms with Crippen molar-refractivity contribution in [1.29, 1.82) is 0 Å². The molecule has 1 N–H and O–H groups in total. The lowest BCUT2D eigenvalue weighted by atomic mass is 9.96. The summed E-state index contributed by atoms with van der Waals surface area (Å²) in [7, 11) is 3.92. The molecule has 3 aromatic carbocycles. The first kappa shape index (κ1) is 34.0. The van der Waals surface area contributed by atoms with Gasteiger partial charge in [0.2, 0.25) is 0 Å². The van der Waals surface area contributed by atoms with Crippen molar-refractivity contribution in [2.24, 2.45) is 12.1 Å². The van der Waals surface area contributed by atoms with Gasteiger partial charge in [0.05, 0.1) is 12.3 Å². The normalized spacial score (nSPS) is 17.4. The molecule has 0 saturated heterocycles. The third-order valence-corrected chi connectivity index (χ3v) is 11.1. The minimum atomic E-state index is -0.947. The Morgan fingerprint density at radius 3 is 2.69 bits per heavy atom. The number of allylic oxidation sites excluding steroid dienone is 2. The van der Waals surface area contributed by atoms with Gasteiger partial charge >= 0.3 is 5.97 Å². The molecule has 8 nitrogen and oxygen atoms in total. The first-order chi connectivity index (χ1) is 23.2. The Labute approximate surface area is 294 Å². The number of halogens is 1. The summed E-state index contributed by atoms with van der Waals surface area (Å²) in [6, 6.07) is 18.6. The van der Waals surface area contributed by atoms with Gasteiger partial charge in [-0.25, -0.2) is 4.79 Å². The Kier molecular flexibility index (Phi) is 10.4. The summed E-state index contributed by atoms with van der Waals surface area (Å²) >= 11 is 10.4. The van der Waals surface area contributed by atoms with Gasteiger partial charge in [-0.15, -0.1) is 23.5 Å². The van der Waals surface area contributed by atoms with Gasteiger partial charge in [-0.2, -0.15) is 10.2 Å². The van der Waals surface area contributed by atoms with Crippen LogP contribution < -0.4 is 4.74 Å². The van der Waals surface area contributed by atoms with Crippen molar-refractivity contribution < 1.29 is 14.6 Å². The van der Waals surface area contributed by atoms with Gasteiger partial charge in [0.25, 0.3) is 0 Å². The molecule has 250 valence electrons. The molecule has 1 aliphatic heterocycles. The van der Waals surface area contributed by atoms with Crippen LogP contribution in [0.5, 0.6) is 5.75 Å². The second kappa shape index (κ2) is 14.7. The SMILES string of the molecule is CCc1c(C(=O)O)n2c3ccc(Cl)c(c13)/C(C)=C(\C)N(C)/N=C/CSCc1cc(n(C)n1)CSc1cc(c3ccccc3c1)OCCC2. The molecule has 5 aromatic rings. The van der Waals surface area contributed by atoms with Crippen molar-refractivity contribution in [2.45, 2.75) is 56.6 Å². The molecule has 0 spiro atoms. The Morgan fingerprint density at radius 1 is 1.08 bits per heavy atom. The van der Waals surface area contributed by atoms with E-state index in [0.717, 1.165) is 83.4 Å². The quantitative estimate of drug-likeness (QED) is 0.197. The zero-order valence-corrected chi connectivity index (χ0v) is 30.3. The first-order valence-electron chi connectivity index (χ1n) is 16.1. The molecule has 0 atom stereocenters. The number of rotatable bonds is 2. The zero-order valence-electron chi connectivity index (χ0n) is 27.9. The van der Waals surface area contributed by atoms with Crippen LogP contribution in [0.2, 0.25) is 5.02 Å². The molecule has 0 fully saturated rings. The van der Waals surface area contributed by atoms with E-state index in [1.807, 2.05) is 79.6 Å². The second-order valence-electron chi connectivity index (χ2n) is 11.9. The van der Waals surface area contributed by atoms with E-state index in [0.29, 0.717) is 36.7 Å². The molecule has 0 amide bonds. The fraction of sp³-hybridized carbons (Fsp3) is 0.324. The van der Waals surface area contributed by atoms with Crippen LogP contribution in [-0.4, -0.2) is 56.1 Å². The van der Waals surface area contributed by atoms with Crippen LogP contribution in [0.3, 0.4) is 0 Å². The number of carboxylic acids is 1. The third kappa shape index (κ3) is 6.84. The lowest BCUT2D eigenvalue weighted by Crippen LogP contribution is -2.12. The molecule has 0 unspecified atom stereocenters. The number of hydrogen-bond acceptors (Lipinski definition) is 7. The molecule has 8 bridgehead atoms. The third-order valence-electron chi connectivity index (χ3n) is 8.93. The maximum atomic E-state index is 12.8. The molecular weight excluding hydrogens is 662 g/mol. The molecule has 0 aliphatic carbocycles. The van der Waals surface area contributed by atoms with Crippen molar-refractivity contribution in [3.05, 3.63) is 93.5 Å². The molecular formula is C37H40ClN5O3S2. The fourth-order valence-corrected chi connectivity index (χ4v) is 8.28. The number of hydrogen-bond donors (Lipinski definition) is 1. The minimum Gasteiger partial charge on any atom is -0.493 e. The van der Waals surface area contributed by atoms with Crippen molar-refractivity contribution in [1.82, 2.24) is 19.4 Å². The van der Waals surface area contributed by atoms with E-state index in [2.05, 4.69) is 30.3 Å². The monoisotopic (exact) mass is 701 g/mol. The highest BCUT2D eigenvalue weighted by molar-refractivity contribution is 7.99. The van der Waals surface area contributed by atoms with Crippen LogP contribution in [-0.2, 0) is 31.5 Å². The minimum absolute atomic E-state index is 0.303. The van der Waals surface area contributed by atoms with Crippen LogP contribution in [0.25, 0.3) is 27.2 Å². The number of hydrazone groups is 1. The van der Waals surface area contributed by atoms with Crippen molar-refractivity contribution >= 4 is 74.6 Å². The van der Waals surface area contributed by atoms with Gasteiger partial charge in [-0.05, 0) is 73.5 Å². The lowest BCUT2D eigenvalue weighted by molar-refractivity contribution is 0.0684. The highest BCUT2D eigenvalue weighted by Crippen LogP contribution is 2.39. The number of thioether (sulfide) groups is 2. The molecule has 48 heavy (non-hydrogen) atoms. The molecule has 0 radical (unpaired) electrons. The van der Waals surface area contributed by atoms with E-state index in [1.165, 1.54) is 0 Å². The van der Waals surface area contributed by atoms with Gasteiger partial charge in [0.1, 0.15) is 11.4 Å². The highest BCUT2D eigenvalue weighted by Gasteiger charge is 2.25. The van der Waals surface area contributed by atoms with E-state index in [1.54, 1.807) is 23.5 Å². The summed E-state index contributed by atoms with van der Waals surface area (Å²) in [5, 5.41) is 25.4. The number of aromatic nitrogens is 3. The standard InChI is InChI=1S/C37H40ClN5O3S2/c1-6-29-35-32-13-12-31(38)34(35)23(2)24(3)41(4)39-14-17-47-21-26-19-27(42(5)40-26)22-48-28-18-25-10-7-8-11-30(25)33(20-28)46-16-9-15-43(32)36(29)37(44)45/h7-8,10-14,18-20H,6,9,15-17,21-22H2,1-5H3,(H,44,45)/b24-23+,39-14+. The number of aryl methyl sites for hydroxylation is 3. The number of aromatic carboxylic acids is 1. The lowest BCUT2D eigenvalue weighted by Gasteiger charge is -2.19. The van der Waals surface area contributed by atoms with E-state index in [4.69, 9.17) is 26.5 Å². The molecule has 0 saturated carbocycles. The zero-order chi connectivity index (χ0) is 33.9. The summed E-state index contributed by atoms with van der Waals surface area (Å²) in [6.07, 6.45) is 3.09. The molecule has 1 aliphatic rings. The van der Waals surface area contributed by atoms with E-state index >= 15 is 0 Å². The van der Waals surface area contributed by atoms with Crippen LogP contribution in [0.1, 0.15) is 60.2 Å². The molecule has 2 aromatic heterocycles. The van der Waals surface area contributed by atoms with E-state index in [9.17, 15) is 9.90 Å². The van der Waals surface area contributed by atoms with Crippen LogP contribution in [0.15, 0.2) is 70.3 Å². The maximum Gasteiger partial charge on any atom is 0.352 e. The van der Waals surface area contributed by atoms with Crippen molar-refractivity contribution in [3.8, 4) is 5.75 Å². The number of ether oxygens (including phenoxy) is 1. The van der Waals surface area contributed by atoms with Gasteiger partial charge < -0.3 is 14.4 Å². The van der Waals surface area contributed by atoms with Gasteiger partial charge in [0.15, 0.2) is 0 Å². The van der Waals surface area contributed by atoms with Gasteiger partial charge in [-0.3, -0.25) is 9.69 Å². The largest absolute Gasteiger partial charge is 0.493 e. The summed E-state index contributed by atoms with van der Waals surface area (Å²) < 4.78 is 10.3. The van der Waals surface area contributed by atoms with Crippen molar-refractivity contribution in [2.75, 3.05) is 19.4 Å². The fourth-order valence-electron chi connectivity index (χ4n) is 6.36. The maximum absolute atomic E-state index is 12.8. The number of carboxylic acid groups (broad SMARTS) is 1. The summed E-state index contributed by atoms with van der Waals surface area (Å²) in [4.78, 5) is 13.9. The van der Waals surface area contributed by atoms with E-state index in [-0.39, 0.29) is 0 Å². The van der Waals surface area contributed by atoms with Gasteiger partial charge in [-0.1, -0.05) is 42.8 Å². The number of fused-ring (bicyclic) bond motifs is 6. The second-order valence-corrected chi connectivity index (χ2v) is 14.4. The van der Waals surface area contributed by atoms with Crippen molar-refractivity contribution in [3.63, 3.8) is 0 Å². The number of carbonyl (C=O) groups is 1. The predicted molar refractivity (Wildman–Crippen MR) is 201 cm³/mol. The Hall–Kier alpha value is -3.86. The average Bonchev–Trinajstić information content (AvgIpc) is 3.60. The summed E-state index contributed by atoms with van der Waals surface area (Å²) in [5.41, 5.74) is 6.87. The summed E-state index contributed by atoms with van der Waals surface area (Å²) in [5.74, 6) is 2.19. The predicted octanol–water partition coefficient (Wildman–Crippen LogP) is 9.12. The number of nitrogens with zero attached hydrogens (tertiary/aromatic N) is 5. The Morgan fingerprint density at radius 2 is 1.90 bits per heavy atom. The molecule has 6 rings (SSSR count). The van der Waals surface area contributed by atoms with Crippen LogP contribution >= 0.6 is 35.1 Å². The summed E-state index contributed by atoms with van der Waals surface area (Å²) in [6.45, 7) is 6.96.